The lowest BCUT2D eigenvalue weighted by molar-refractivity contribution is 0.0240. The highest BCUT2D eigenvalue weighted by Gasteiger charge is 2.26. The molecule has 4 rings (SSSR count). The highest BCUT2D eigenvalue weighted by atomic mass is 79.9. The second-order valence-corrected chi connectivity index (χ2v) is 10.4. The Balaban J connectivity index is 1.52. The molecule has 0 aromatic heterocycles. The van der Waals surface area contributed by atoms with Crippen LogP contribution in [-0.4, -0.2) is 59.8 Å². The monoisotopic (exact) mass is 485 g/mol. The minimum atomic E-state index is -0.458. The van der Waals surface area contributed by atoms with Gasteiger partial charge in [0.05, 0.1) is 0 Å². The lowest BCUT2D eigenvalue weighted by Crippen LogP contribution is -2.50. The van der Waals surface area contributed by atoms with E-state index in [1.807, 2.05) is 25.7 Å². The van der Waals surface area contributed by atoms with Gasteiger partial charge in [-0.05, 0) is 50.6 Å². The van der Waals surface area contributed by atoms with Crippen LogP contribution in [0, 0.1) is 0 Å². The summed E-state index contributed by atoms with van der Waals surface area (Å²) in [5.74, 6) is 0. The van der Waals surface area contributed by atoms with E-state index in [1.54, 1.807) is 0 Å². The van der Waals surface area contributed by atoms with Gasteiger partial charge in [-0.3, -0.25) is 0 Å². The molecule has 31 heavy (non-hydrogen) atoms. The third kappa shape index (κ3) is 5.42. The summed E-state index contributed by atoms with van der Waals surface area (Å²) < 4.78 is 7.75. The Hall–Kier alpha value is -2.05. The molecule has 0 saturated carbocycles. The number of fused-ring (bicyclic) bond motifs is 1. The summed E-state index contributed by atoms with van der Waals surface area (Å²) in [6.45, 7) is 10.8. The van der Waals surface area contributed by atoms with Crippen molar-refractivity contribution in [3.63, 3.8) is 0 Å². The number of halogens is 1. The van der Waals surface area contributed by atoms with Crippen molar-refractivity contribution in [2.24, 2.45) is 0 Å². The first-order valence-electron chi connectivity index (χ1n) is 11.1. The molecule has 2 aliphatic heterocycles. The Kier molecular flexibility index (Phi) is 6.58. The molecule has 2 aliphatic rings. The number of piperazine rings is 1. The Morgan fingerprint density at radius 3 is 2.23 bits per heavy atom. The summed E-state index contributed by atoms with van der Waals surface area (Å²) in [5.41, 5.74) is 3.60. The Labute approximate surface area is 194 Å². The molecule has 0 unspecified atom stereocenters. The van der Waals surface area contributed by atoms with Crippen LogP contribution >= 0.6 is 16.1 Å². The molecule has 2 aromatic carbocycles. The molecule has 1 amide bonds. The first-order valence-corrected chi connectivity index (χ1v) is 11.9. The minimum Gasteiger partial charge on any atom is -0.444 e. The minimum absolute atomic E-state index is 0.214. The van der Waals surface area contributed by atoms with Crippen molar-refractivity contribution in [1.82, 2.24) is 8.83 Å². The van der Waals surface area contributed by atoms with Crippen molar-refractivity contribution in [1.29, 1.82) is 0 Å². The first kappa shape index (κ1) is 22.2. The maximum absolute atomic E-state index is 12.4. The van der Waals surface area contributed by atoms with E-state index in [9.17, 15) is 4.79 Å². The molecule has 6 heteroatoms. The molecule has 2 aromatic rings. The van der Waals surface area contributed by atoms with E-state index < -0.39 is 5.60 Å². The van der Waals surface area contributed by atoms with Gasteiger partial charge in [0.25, 0.3) is 0 Å². The fourth-order valence-electron chi connectivity index (χ4n) is 4.30. The number of nitrogens with zero attached hydrogens (tertiary/aromatic N) is 3. The van der Waals surface area contributed by atoms with Crippen molar-refractivity contribution in [2.75, 3.05) is 44.2 Å². The summed E-state index contributed by atoms with van der Waals surface area (Å²) >= 11 is 3.59. The predicted octanol–water partition coefficient (Wildman–Crippen LogP) is 5.69. The van der Waals surface area contributed by atoms with Crippen LogP contribution in [0.3, 0.4) is 0 Å². The Bertz CT molecular complexity index is 964. The molecule has 0 radical (unpaired) electrons. The van der Waals surface area contributed by atoms with Crippen LogP contribution in [0.1, 0.15) is 39.2 Å². The van der Waals surface area contributed by atoms with Gasteiger partial charge in [-0.1, -0.05) is 42.0 Å². The van der Waals surface area contributed by atoms with E-state index >= 15 is 0 Å². The largest absolute Gasteiger partial charge is 0.444 e. The van der Waals surface area contributed by atoms with Crippen LogP contribution in [0.15, 0.2) is 42.0 Å². The van der Waals surface area contributed by atoms with Crippen molar-refractivity contribution in [2.45, 2.75) is 39.2 Å². The Morgan fingerprint density at radius 2 is 1.58 bits per heavy atom. The van der Waals surface area contributed by atoms with Crippen LogP contribution in [0.25, 0.3) is 16.8 Å². The number of carbonyl (C=O) groups is 1. The van der Waals surface area contributed by atoms with E-state index in [-0.39, 0.29) is 6.09 Å². The number of rotatable bonds is 2. The quantitative estimate of drug-likeness (QED) is 0.512. The van der Waals surface area contributed by atoms with Gasteiger partial charge in [0.15, 0.2) is 0 Å². The first-order chi connectivity index (χ1) is 14.8. The van der Waals surface area contributed by atoms with Gasteiger partial charge in [-0.2, -0.15) is 0 Å². The second kappa shape index (κ2) is 9.21. The second-order valence-electron chi connectivity index (χ2n) is 9.39. The maximum Gasteiger partial charge on any atom is 0.410 e. The average molecular weight is 486 g/mol. The van der Waals surface area contributed by atoms with Gasteiger partial charge < -0.3 is 14.5 Å². The number of hydrogen-bond donors (Lipinski definition) is 0. The van der Waals surface area contributed by atoms with Crippen molar-refractivity contribution in [3.05, 3.63) is 47.5 Å². The molecule has 2 fully saturated rings. The highest BCUT2D eigenvalue weighted by molar-refractivity contribution is 9.07. The molecule has 5 nitrogen and oxygen atoms in total. The number of amides is 1. The lowest BCUT2D eigenvalue weighted by atomic mass is 9.97. The molecular formula is C25H32BrN3O2. The number of ether oxygens (including phenoxy) is 1. The molecule has 2 saturated heterocycles. The summed E-state index contributed by atoms with van der Waals surface area (Å²) in [6, 6.07) is 13.2. The fourth-order valence-corrected chi connectivity index (χ4v) is 4.65. The fraction of sp³-hybridized carbons (Fsp3) is 0.480. The zero-order valence-corrected chi connectivity index (χ0v) is 20.3. The summed E-state index contributed by atoms with van der Waals surface area (Å²) in [5, 5.41) is 2.57. The molecular weight excluding hydrogens is 454 g/mol. The standard InChI is InChI=1S/C25H32BrN3O2/c1-25(2,3)31-24(30)28-16-14-27(15-17-28)23-9-8-20(21-6-4-5-7-22(21)23)18-19-10-12-29(26)13-11-19/h4-9,18H,10-17H2,1-3H3. The molecule has 0 bridgehead atoms. The van der Waals surface area contributed by atoms with E-state index in [2.05, 4.69) is 67.4 Å². The van der Waals surface area contributed by atoms with Crippen LogP contribution in [0.2, 0.25) is 0 Å². The highest BCUT2D eigenvalue weighted by Crippen LogP contribution is 2.32. The SMILES string of the molecule is CC(C)(C)OC(=O)N1CCN(c2ccc(C=C3CCN(Br)CC3)c3ccccc23)CC1. The van der Waals surface area contributed by atoms with Crippen LogP contribution in [0.5, 0.6) is 0 Å². The molecule has 0 N–H and O–H groups in total. The summed E-state index contributed by atoms with van der Waals surface area (Å²) in [4.78, 5) is 16.6. The van der Waals surface area contributed by atoms with E-state index in [4.69, 9.17) is 4.74 Å². The van der Waals surface area contributed by atoms with Crippen molar-refractivity contribution < 1.29 is 9.53 Å². The topological polar surface area (TPSA) is 36.0 Å². The van der Waals surface area contributed by atoms with Crippen molar-refractivity contribution in [3.8, 4) is 0 Å². The van der Waals surface area contributed by atoms with E-state index in [1.165, 1.54) is 27.6 Å². The molecule has 166 valence electrons. The normalized spacial score (nSPS) is 18.4. The van der Waals surface area contributed by atoms with Crippen LogP contribution < -0.4 is 4.90 Å². The van der Waals surface area contributed by atoms with Crippen LogP contribution in [-0.2, 0) is 4.74 Å². The van der Waals surface area contributed by atoms with Gasteiger partial charge in [0, 0.05) is 66.5 Å². The molecule has 0 atom stereocenters. The Morgan fingerprint density at radius 1 is 0.935 bits per heavy atom. The number of anilines is 1. The van der Waals surface area contributed by atoms with E-state index in [0.717, 1.165) is 39.0 Å². The molecule has 2 heterocycles. The predicted molar refractivity (Wildman–Crippen MR) is 132 cm³/mol. The van der Waals surface area contributed by atoms with Crippen molar-refractivity contribution >= 4 is 44.8 Å². The molecule has 0 aliphatic carbocycles. The summed E-state index contributed by atoms with van der Waals surface area (Å²) in [6.07, 6.45) is 4.38. The maximum atomic E-state index is 12.4. The van der Waals surface area contributed by atoms with Gasteiger partial charge in [0.1, 0.15) is 5.60 Å². The summed E-state index contributed by atoms with van der Waals surface area (Å²) in [7, 11) is 0. The number of piperidine rings is 1. The third-order valence-electron chi connectivity index (χ3n) is 5.92. The van der Waals surface area contributed by atoms with E-state index in [0.29, 0.717) is 13.1 Å². The van der Waals surface area contributed by atoms with Gasteiger partial charge in [-0.25, -0.2) is 8.72 Å². The number of carbonyl (C=O) groups excluding carboxylic acids is 1. The zero-order chi connectivity index (χ0) is 22.0. The number of hydrogen-bond acceptors (Lipinski definition) is 4. The van der Waals surface area contributed by atoms with Gasteiger partial charge in [-0.15, -0.1) is 0 Å². The average Bonchev–Trinajstić information content (AvgIpc) is 2.74. The van der Waals surface area contributed by atoms with Gasteiger partial charge in [0.2, 0.25) is 0 Å². The smallest absolute Gasteiger partial charge is 0.410 e. The van der Waals surface area contributed by atoms with Crippen LogP contribution in [0.4, 0.5) is 10.5 Å². The third-order valence-corrected chi connectivity index (χ3v) is 6.63. The zero-order valence-electron chi connectivity index (χ0n) is 18.7. The lowest BCUT2D eigenvalue weighted by Gasteiger charge is -2.37. The number of benzene rings is 2. The molecule has 0 spiro atoms. The van der Waals surface area contributed by atoms with Gasteiger partial charge >= 0.3 is 6.09 Å².